The molecule has 4 N–H and O–H groups in total. The lowest BCUT2D eigenvalue weighted by Gasteiger charge is -2.29. The Hall–Kier alpha value is -3.59. The van der Waals surface area contributed by atoms with Crippen LogP contribution < -0.4 is 15.8 Å². The third-order valence-corrected chi connectivity index (χ3v) is 5.63. The molecule has 0 saturated heterocycles. The largest absolute Gasteiger partial charge is 0.488 e. The summed E-state index contributed by atoms with van der Waals surface area (Å²) in [5.41, 5.74) is 6.78. The molecule has 2 atom stereocenters. The molecule has 0 saturated carbocycles. The van der Waals surface area contributed by atoms with Crippen molar-refractivity contribution in [3.8, 4) is 5.75 Å². The molecule has 2 amide bonds. The maximum Gasteiger partial charge on any atom is 0.408 e. The highest BCUT2D eigenvalue weighted by atomic mass is 16.5. The van der Waals surface area contributed by atoms with Crippen LogP contribution in [0.25, 0.3) is 0 Å². The maximum absolute atomic E-state index is 13.3. The number of aliphatic carboxylic acids is 1. The highest BCUT2D eigenvalue weighted by Gasteiger charge is 2.32. The number of nitrogens with zero attached hydrogens (tertiary/aromatic N) is 1. The van der Waals surface area contributed by atoms with Crippen molar-refractivity contribution in [2.24, 2.45) is 5.73 Å². The van der Waals surface area contributed by atoms with Crippen LogP contribution >= 0.6 is 0 Å². The summed E-state index contributed by atoms with van der Waals surface area (Å²) in [6, 6.07) is 14.2. The molecular weight excluding hydrogens is 474 g/mol. The number of nitrogens with two attached hydrogens (primary N) is 1. The average molecular weight is 514 g/mol. The fourth-order valence-corrected chi connectivity index (χ4v) is 3.72. The third-order valence-electron chi connectivity index (χ3n) is 5.63. The van der Waals surface area contributed by atoms with Gasteiger partial charge in [-0.1, -0.05) is 42.5 Å². The van der Waals surface area contributed by atoms with Crippen molar-refractivity contribution in [1.29, 1.82) is 0 Å². The number of carbonyl (C=O) groups is 3. The highest BCUT2D eigenvalue weighted by molar-refractivity contribution is 5.89. The zero-order valence-corrected chi connectivity index (χ0v) is 22.1. The predicted octanol–water partition coefficient (Wildman–Crippen LogP) is 3.74. The van der Waals surface area contributed by atoms with Crippen molar-refractivity contribution in [2.45, 2.75) is 70.7 Å². The minimum absolute atomic E-state index is 0.0545. The molecule has 0 heterocycles. The number of alkyl carbamates (subject to hydrolysis) is 1. The zero-order chi connectivity index (χ0) is 27.4. The number of carbonyl (C=O) groups excluding carboxylic acids is 2. The van der Waals surface area contributed by atoms with Gasteiger partial charge in [0, 0.05) is 13.5 Å². The number of hydrogen-bond acceptors (Lipinski definition) is 6. The van der Waals surface area contributed by atoms with E-state index in [0.717, 1.165) is 11.1 Å². The van der Waals surface area contributed by atoms with Gasteiger partial charge in [0.1, 0.15) is 30.0 Å². The molecule has 0 aliphatic rings. The fourth-order valence-electron chi connectivity index (χ4n) is 3.72. The summed E-state index contributed by atoms with van der Waals surface area (Å²) in [7, 11) is 1.44. The topological polar surface area (TPSA) is 131 Å². The van der Waals surface area contributed by atoms with Crippen LogP contribution in [0.15, 0.2) is 54.6 Å². The number of amides is 2. The lowest BCUT2D eigenvalue weighted by atomic mass is 10.0. The molecule has 202 valence electrons. The van der Waals surface area contributed by atoms with E-state index in [4.69, 9.17) is 15.2 Å². The van der Waals surface area contributed by atoms with E-state index in [9.17, 15) is 19.5 Å². The van der Waals surface area contributed by atoms with Gasteiger partial charge in [-0.05, 0) is 69.8 Å². The van der Waals surface area contributed by atoms with Gasteiger partial charge in [-0.25, -0.2) is 9.59 Å². The molecule has 2 aromatic rings. The van der Waals surface area contributed by atoms with Crippen molar-refractivity contribution < 1.29 is 29.0 Å². The SMILES string of the molecule is CN(C(=O)[C@H](CCCCN)NC(=O)OCc1ccccc1)[C@@H](Cc1ccc(OC(C)(C)C)cc1)C(=O)O. The summed E-state index contributed by atoms with van der Waals surface area (Å²) in [4.78, 5) is 39.1. The van der Waals surface area contributed by atoms with E-state index in [1.165, 1.54) is 11.9 Å². The Kier molecular flexibility index (Phi) is 11.4. The number of rotatable bonds is 13. The van der Waals surface area contributed by atoms with Crippen molar-refractivity contribution in [3.63, 3.8) is 0 Å². The van der Waals surface area contributed by atoms with Gasteiger partial charge in [0.25, 0.3) is 0 Å². The Morgan fingerprint density at radius 2 is 1.65 bits per heavy atom. The van der Waals surface area contributed by atoms with Gasteiger partial charge in [-0.3, -0.25) is 4.79 Å². The van der Waals surface area contributed by atoms with Crippen LogP contribution in [-0.2, 0) is 27.4 Å². The molecule has 0 unspecified atom stereocenters. The molecule has 2 rings (SSSR count). The number of hydrogen-bond donors (Lipinski definition) is 3. The van der Waals surface area contributed by atoms with Crippen molar-refractivity contribution in [1.82, 2.24) is 10.2 Å². The molecule has 0 fully saturated rings. The van der Waals surface area contributed by atoms with Crippen LogP contribution in [0.5, 0.6) is 5.75 Å². The Morgan fingerprint density at radius 3 is 2.22 bits per heavy atom. The van der Waals surface area contributed by atoms with Gasteiger partial charge < -0.3 is 30.5 Å². The fraction of sp³-hybridized carbons (Fsp3) is 0.464. The molecule has 0 bridgehead atoms. The smallest absolute Gasteiger partial charge is 0.408 e. The predicted molar refractivity (Wildman–Crippen MR) is 141 cm³/mol. The number of carboxylic acids is 1. The lowest BCUT2D eigenvalue weighted by Crippen LogP contribution is -2.53. The summed E-state index contributed by atoms with van der Waals surface area (Å²) in [5.74, 6) is -0.974. The van der Waals surface area contributed by atoms with Gasteiger partial charge in [-0.15, -0.1) is 0 Å². The van der Waals surface area contributed by atoms with E-state index in [1.54, 1.807) is 24.3 Å². The summed E-state index contributed by atoms with van der Waals surface area (Å²) in [6.07, 6.45) is 0.921. The Morgan fingerprint density at radius 1 is 1.00 bits per heavy atom. The van der Waals surface area contributed by atoms with E-state index in [1.807, 2.05) is 51.1 Å². The normalized spacial score (nSPS) is 12.8. The first-order valence-electron chi connectivity index (χ1n) is 12.4. The first kappa shape index (κ1) is 29.6. The van der Waals surface area contributed by atoms with Gasteiger partial charge in [-0.2, -0.15) is 0 Å². The minimum Gasteiger partial charge on any atom is -0.488 e. The Bertz CT molecular complexity index is 1000. The van der Waals surface area contributed by atoms with Crippen LogP contribution in [0, 0.1) is 0 Å². The van der Waals surface area contributed by atoms with Crippen LogP contribution in [0.4, 0.5) is 4.79 Å². The summed E-state index contributed by atoms with van der Waals surface area (Å²) in [6.45, 7) is 6.33. The molecule has 0 aromatic heterocycles. The van der Waals surface area contributed by atoms with E-state index < -0.39 is 30.1 Å². The molecule has 37 heavy (non-hydrogen) atoms. The standard InChI is InChI=1S/C28H39N3O6/c1-28(2,3)37-22-15-13-20(14-16-22)18-24(26(33)34)31(4)25(32)23(12-8-9-17-29)30-27(35)36-19-21-10-6-5-7-11-21/h5-7,10-11,13-16,23-24H,8-9,12,17-19,29H2,1-4H3,(H,30,35)(H,33,34)/t23-,24-/m0/s1. The van der Waals surface area contributed by atoms with Gasteiger partial charge in [0.2, 0.25) is 5.91 Å². The highest BCUT2D eigenvalue weighted by Crippen LogP contribution is 2.20. The maximum atomic E-state index is 13.3. The monoisotopic (exact) mass is 513 g/mol. The molecular formula is C28H39N3O6. The summed E-state index contributed by atoms with van der Waals surface area (Å²) >= 11 is 0. The second kappa shape index (κ2) is 14.2. The molecule has 0 spiro atoms. The lowest BCUT2D eigenvalue weighted by molar-refractivity contribution is -0.149. The Labute approximate surface area is 218 Å². The summed E-state index contributed by atoms with van der Waals surface area (Å²) < 4.78 is 11.1. The Balaban J connectivity index is 2.08. The number of unbranched alkanes of at least 4 members (excludes halogenated alkanes) is 1. The third kappa shape index (κ3) is 10.5. The molecule has 0 radical (unpaired) electrons. The molecule has 0 aliphatic carbocycles. The van der Waals surface area contributed by atoms with Gasteiger partial charge in [0.15, 0.2) is 0 Å². The van der Waals surface area contributed by atoms with Crippen molar-refractivity contribution in [2.75, 3.05) is 13.6 Å². The van der Waals surface area contributed by atoms with Crippen LogP contribution in [0.1, 0.15) is 51.2 Å². The van der Waals surface area contributed by atoms with E-state index >= 15 is 0 Å². The quantitative estimate of drug-likeness (QED) is 0.348. The van der Waals surface area contributed by atoms with Crippen molar-refractivity contribution in [3.05, 3.63) is 65.7 Å². The first-order valence-corrected chi connectivity index (χ1v) is 12.4. The molecule has 2 aromatic carbocycles. The first-order chi connectivity index (χ1) is 17.5. The number of likely N-dealkylation sites (N-methyl/N-ethyl adjacent to an activating group) is 1. The number of benzene rings is 2. The van der Waals surface area contributed by atoms with Crippen LogP contribution in [-0.4, -0.2) is 59.3 Å². The van der Waals surface area contributed by atoms with Gasteiger partial charge in [0.05, 0.1) is 0 Å². The number of nitrogens with one attached hydrogen (secondary N) is 1. The van der Waals surface area contributed by atoms with Crippen LogP contribution in [0.3, 0.4) is 0 Å². The second-order valence-electron chi connectivity index (χ2n) is 9.91. The minimum atomic E-state index is -1.14. The second-order valence-corrected chi connectivity index (χ2v) is 9.91. The number of ether oxygens (including phenoxy) is 2. The average Bonchev–Trinajstić information content (AvgIpc) is 2.85. The van der Waals surface area contributed by atoms with Crippen LogP contribution in [0.2, 0.25) is 0 Å². The van der Waals surface area contributed by atoms with Gasteiger partial charge >= 0.3 is 12.1 Å². The summed E-state index contributed by atoms with van der Waals surface area (Å²) in [5, 5.41) is 12.5. The van der Waals surface area contributed by atoms with Crippen molar-refractivity contribution >= 4 is 18.0 Å². The number of carboxylic acid groups (broad SMARTS) is 1. The zero-order valence-electron chi connectivity index (χ0n) is 22.1. The van der Waals surface area contributed by atoms with E-state index in [2.05, 4.69) is 5.32 Å². The van der Waals surface area contributed by atoms with E-state index in [0.29, 0.717) is 31.6 Å². The molecule has 0 aliphatic heterocycles. The molecule has 9 heteroatoms. The van der Waals surface area contributed by atoms with E-state index in [-0.39, 0.29) is 18.6 Å². The molecule has 9 nitrogen and oxygen atoms in total.